The first kappa shape index (κ1) is 21.9. The molecule has 1 heterocycles. The van der Waals surface area contributed by atoms with Gasteiger partial charge in [-0.15, -0.1) is 0 Å². The van der Waals surface area contributed by atoms with E-state index in [1.807, 2.05) is 0 Å². The van der Waals surface area contributed by atoms with E-state index >= 15 is 0 Å². The van der Waals surface area contributed by atoms with Gasteiger partial charge in [-0.2, -0.15) is 0 Å². The van der Waals surface area contributed by atoms with Crippen molar-refractivity contribution in [1.82, 2.24) is 0 Å². The Bertz CT molecular complexity index is 1050. The number of rotatable bonds is 1. The summed E-state index contributed by atoms with van der Waals surface area (Å²) < 4.78 is 5.58. The average molecular weight is 418 g/mol. The van der Waals surface area contributed by atoms with E-state index in [9.17, 15) is 35.1 Å². The number of hydrogen-bond acceptors (Lipinski definition) is 8. The number of ketones is 2. The lowest BCUT2D eigenvalue weighted by atomic mass is 9.80. The summed E-state index contributed by atoms with van der Waals surface area (Å²) in [7, 11) is 0. The zero-order chi connectivity index (χ0) is 21.2. The van der Waals surface area contributed by atoms with Gasteiger partial charge in [-0.1, -0.05) is 0 Å². The van der Waals surface area contributed by atoms with Gasteiger partial charge in [0.15, 0.2) is 5.78 Å². The van der Waals surface area contributed by atoms with E-state index in [0.29, 0.717) is 5.56 Å². The molecule has 7 N–H and O–H groups in total. The van der Waals surface area contributed by atoms with E-state index in [4.69, 9.17) is 4.74 Å². The molecule has 30 heavy (non-hydrogen) atoms. The summed E-state index contributed by atoms with van der Waals surface area (Å²) in [6.07, 6.45) is -6.23. The number of ether oxygens (including phenoxy) is 1. The van der Waals surface area contributed by atoms with Gasteiger partial charge in [0.1, 0.15) is 35.9 Å². The summed E-state index contributed by atoms with van der Waals surface area (Å²) in [5.74, 6) is -2.11. The lowest BCUT2D eigenvalue weighted by Crippen LogP contribution is -2.53. The molecule has 4 rings (SSSR count). The van der Waals surface area contributed by atoms with Crippen LogP contribution in [0.2, 0.25) is 0 Å². The number of aliphatic hydroxyl groups excluding tert-OH is 3. The lowest BCUT2D eigenvalue weighted by Gasteiger charge is -2.39. The molecule has 0 spiro atoms. The van der Waals surface area contributed by atoms with Crippen LogP contribution < -0.4 is 0 Å². The number of carbonyl (C=O) groups excluding carboxylic acids is 2. The van der Waals surface area contributed by atoms with Crippen LogP contribution in [-0.4, -0.2) is 67.0 Å². The fourth-order valence-corrected chi connectivity index (χ4v) is 4.01. The second-order valence-electron chi connectivity index (χ2n) is 7.56. The maximum Gasteiger partial charge on any atom is 0.201 e. The molecular weight excluding hydrogens is 396 g/mol. The van der Waals surface area contributed by atoms with Gasteiger partial charge in [0.25, 0.3) is 0 Å². The maximum absolute atomic E-state index is 13.0. The van der Waals surface area contributed by atoms with Crippen molar-refractivity contribution in [3.05, 3.63) is 57.6 Å². The fraction of sp³-hybridized carbons (Fsp3) is 0.333. The highest BCUT2D eigenvalue weighted by Crippen LogP contribution is 2.41. The molecule has 160 valence electrons. The fourth-order valence-electron chi connectivity index (χ4n) is 4.01. The molecule has 1 aliphatic carbocycles. The molecule has 0 saturated carbocycles. The number of carbonyl (C=O) groups is 2. The molecule has 9 heteroatoms. The van der Waals surface area contributed by atoms with Crippen LogP contribution in [-0.2, 0) is 4.74 Å². The second kappa shape index (κ2) is 7.46. The third kappa shape index (κ3) is 3.08. The molecule has 0 amide bonds. The monoisotopic (exact) mass is 418 g/mol. The van der Waals surface area contributed by atoms with E-state index in [2.05, 4.69) is 0 Å². The van der Waals surface area contributed by atoms with Gasteiger partial charge in [-0.25, -0.2) is 0 Å². The van der Waals surface area contributed by atoms with Gasteiger partial charge < -0.3 is 35.7 Å². The molecule has 1 saturated heterocycles. The summed E-state index contributed by atoms with van der Waals surface area (Å²) >= 11 is 0. The molecular formula is C21H22O9. The quantitative estimate of drug-likeness (QED) is 0.364. The van der Waals surface area contributed by atoms with Crippen LogP contribution in [0, 0.1) is 6.92 Å². The molecule has 1 aliphatic heterocycles. The number of aliphatic hydroxyl groups is 3. The Morgan fingerprint density at radius 2 is 1.37 bits per heavy atom. The zero-order valence-corrected chi connectivity index (χ0v) is 16.2. The number of aryl methyl sites for hydroxylation is 1. The van der Waals surface area contributed by atoms with Gasteiger partial charge in [0.2, 0.25) is 5.78 Å². The number of hydrogen-bond donors (Lipinski definition) is 5. The third-order valence-electron chi connectivity index (χ3n) is 5.53. The molecule has 2 aromatic rings. The minimum absolute atomic E-state index is 0. The molecule has 5 atom stereocenters. The predicted octanol–water partition coefficient (Wildman–Crippen LogP) is -0.101. The number of phenols is 2. The van der Waals surface area contributed by atoms with E-state index in [1.165, 1.54) is 31.2 Å². The van der Waals surface area contributed by atoms with Crippen molar-refractivity contribution in [3.63, 3.8) is 0 Å². The predicted molar refractivity (Wildman–Crippen MR) is 103 cm³/mol. The van der Waals surface area contributed by atoms with Crippen LogP contribution in [0.3, 0.4) is 0 Å². The van der Waals surface area contributed by atoms with Crippen molar-refractivity contribution in [1.29, 1.82) is 0 Å². The summed E-state index contributed by atoms with van der Waals surface area (Å²) in [5, 5.41) is 50.9. The largest absolute Gasteiger partial charge is 0.507 e. The maximum atomic E-state index is 13.0. The molecule has 0 radical (unpaired) electrons. The third-order valence-corrected chi connectivity index (χ3v) is 5.53. The van der Waals surface area contributed by atoms with Crippen LogP contribution in [0.15, 0.2) is 24.3 Å². The Hall–Kier alpha value is -2.82. The van der Waals surface area contributed by atoms with E-state index < -0.39 is 47.8 Å². The normalized spacial score (nSPS) is 27.8. The first-order valence-electron chi connectivity index (χ1n) is 9.11. The molecule has 9 nitrogen and oxygen atoms in total. The first-order chi connectivity index (χ1) is 13.6. The van der Waals surface area contributed by atoms with Gasteiger partial charge in [0, 0.05) is 11.1 Å². The molecule has 2 aromatic carbocycles. The van der Waals surface area contributed by atoms with Crippen molar-refractivity contribution < 1.29 is 45.3 Å². The Labute approximate surface area is 171 Å². The van der Waals surface area contributed by atoms with Crippen molar-refractivity contribution in [3.8, 4) is 11.5 Å². The molecule has 0 unspecified atom stereocenters. The van der Waals surface area contributed by atoms with Crippen molar-refractivity contribution in [2.75, 3.05) is 0 Å². The van der Waals surface area contributed by atoms with Crippen LogP contribution in [0.1, 0.15) is 56.0 Å². The summed E-state index contributed by atoms with van der Waals surface area (Å²) in [6.45, 7) is 3.18. The summed E-state index contributed by atoms with van der Waals surface area (Å²) in [5.41, 5.74) is 0.273. The van der Waals surface area contributed by atoms with Gasteiger partial charge in [-0.3, -0.25) is 9.59 Å². The van der Waals surface area contributed by atoms with Crippen LogP contribution in [0.25, 0.3) is 0 Å². The lowest BCUT2D eigenvalue weighted by molar-refractivity contribution is -0.219. The van der Waals surface area contributed by atoms with Crippen LogP contribution >= 0.6 is 0 Å². The van der Waals surface area contributed by atoms with Crippen molar-refractivity contribution >= 4 is 11.6 Å². The highest BCUT2D eigenvalue weighted by Gasteiger charge is 2.43. The van der Waals surface area contributed by atoms with Crippen molar-refractivity contribution in [2.24, 2.45) is 0 Å². The Morgan fingerprint density at radius 1 is 0.800 bits per heavy atom. The Morgan fingerprint density at radius 3 is 2.00 bits per heavy atom. The van der Waals surface area contributed by atoms with Gasteiger partial charge >= 0.3 is 0 Å². The Balaban J connectivity index is 0.00000256. The first-order valence-corrected chi connectivity index (χ1v) is 9.11. The molecule has 2 aliphatic rings. The van der Waals surface area contributed by atoms with Gasteiger partial charge in [0.05, 0.1) is 17.2 Å². The smallest absolute Gasteiger partial charge is 0.201 e. The SMILES string of the molecule is Cc1cc(O)c2c(c1)C(=O)c1cc([C@@H]3O[C@H](C)[C@@H](O)[C@H](O)[C@@H]3O)cc(O)c1C2=O.O. The summed E-state index contributed by atoms with van der Waals surface area (Å²) in [6, 6.07) is 5.34. The van der Waals surface area contributed by atoms with Crippen LogP contribution in [0.5, 0.6) is 11.5 Å². The van der Waals surface area contributed by atoms with E-state index in [1.54, 1.807) is 6.92 Å². The van der Waals surface area contributed by atoms with Crippen molar-refractivity contribution in [2.45, 2.75) is 44.4 Å². The zero-order valence-electron chi connectivity index (χ0n) is 16.2. The standard InChI is InChI=1S/C21H20O8.H2O/c1-7-3-10-14(12(22)4-7)18(26)15-11(17(10)25)5-9(6-13(15)23)21-20(28)19(27)16(24)8(2)29-21;/h3-6,8,16,19-24,27-28H,1-2H3;1H2/t8-,16-,19+,20+,21+;/m1./s1. The topological polar surface area (TPSA) is 176 Å². The number of aromatic hydroxyl groups is 2. The second-order valence-corrected chi connectivity index (χ2v) is 7.56. The number of phenolic OH excluding ortho intramolecular Hbond substituents is 2. The van der Waals surface area contributed by atoms with E-state index in [-0.39, 0.29) is 39.0 Å². The number of fused-ring (bicyclic) bond motifs is 2. The average Bonchev–Trinajstić information content (AvgIpc) is 2.66. The Kier molecular flexibility index (Phi) is 5.44. The summed E-state index contributed by atoms with van der Waals surface area (Å²) in [4.78, 5) is 25.9. The minimum atomic E-state index is -1.51. The minimum Gasteiger partial charge on any atom is -0.507 e. The van der Waals surface area contributed by atoms with Gasteiger partial charge in [-0.05, 0) is 49.2 Å². The number of benzene rings is 2. The molecule has 0 bridgehead atoms. The molecule has 1 fully saturated rings. The van der Waals surface area contributed by atoms with Crippen LogP contribution in [0.4, 0.5) is 0 Å². The highest BCUT2D eigenvalue weighted by molar-refractivity contribution is 6.30. The molecule has 0 aromatic heterocycles. The van der Waals surface area contributed by atoms with E-state index in [0.717, 1.165) is 0 Å². The highest BCUT2D eigenvalue weighted by atomic mass is 16.5.